The molecule has 2 N–H and O–H groups in total. The van der Waals surface area contributed by atoms with Gasteiger partial charge in [0.2, 0.25) is 15.9 Å². The van der Waals surface area contributed by atoms with E-state index in [1.807, 2.05) is 0 Å². The fourth-order valence-electron chi connectivity index (χ4n) is 3.60. The summed E-state index contributed by atoms with van der Waals surface area (Å²) in [6.45, 7) is 8.66. The molecule has 1 atom stereocenters. The molecule has 0 spiro atoms. The second-order valence-corrected chi connectivity index (χ2v) is 10.8. The fourth-order valence-corrected chi connectivity index (χ4v) is 5.06. The third-order valence-corrected chi connectivity index (χ3v) is 6.61. The zero-order valence-electron chi connectivity index (χ0n) is 18.7. The van der Waals surface area contributed by atoms with E-state index in [1.54, 1.807) is 65.0 Å². The SMILES string of the molecule is CC(C)C(C(=O)Nc1cccc(S(=O)(=O)NC(C)(C)C)c1)N1C(=O)c2ccccc2C1=O. The molecule has 2 aromatic rings. The fraction of sp³-hybridized carbons (Fsp3) is 0.348. The van der Waals surface area contributed by atoms with Crippen molar-refractivity contribution in [1.82, 2.24) is 9.62 Å². The van der Waals surface area contributed by atoms with Gasteiger partial charge in [-0.25, -0.2) is 13.1 Å². The van der Waals surface area contributed by atoms with Gasteiger partial charge in [0.1, 0.15) is 6.04 Å². The number of hydrogen-bond acceptors (Lipinski definition) is 5. The minimum Gasteiger partial charge on any atom is -0.324 e. The van der Waals surface area contributed by atoms with Crippen LogP contribution in [0.1, 0.15) is 55.3 Å². The lowest BCUT2D eigenvalue weighted by atomic mass is 10.0. The molecule has 0 saturated heterocycles. The number of carbonyl (C=O) groups is 3. The van der Waals surface area contributed by atoms with Crippen LogP contribution in [-0.2, 0) is 14.8 Å². The number of rotatable bonds is 6. The van der Waals surface area contributed by atoms with E-state index in [0.29, 0.717) is 0 Å². The molecule has 9 heteroatoms. The van der Waals surface area contributed by atoms with Gasteiger partial charge in [0, 0.05) is 11.2 Å². The summed E-state index contributed by atoms with van der Waals surface area (Å²) in [5.41, 5.74) is 0.0930. The van der Waals surface area contributed by atoms with Crippen LogP contribution in [0.2, 0.25) is 0 Å². The van der Waals surface area contributed by atoms with E-state index in [-0.39, 0.29) is 27.6 Å². The van der Waals surface area contributed by atoms with Crippen LogP contribution in [0.4, 0.5) is 5.69 Å². The van der Waals surface area contributed by atoms with Gasteiger partial charge in [-0.15, -0.1) is 0 Å². The van der Waals surface area contributed by atoms with Crippen LogP contribution in [-0.4, -0.2) is 42.6 Å². The molecule has 0 saturated carbocycles. The van der Waals surface area contributed by atoms with Crippen molar-refractivity contribution >= 4 is 33.4 Å². The number of carbonyl (C=O) groups excluding carboxylic acids is 3. The molecule has 3 amide bonds. The lowest BCUT2D eigenvalue weighted by Crippen LogP contribution is -2.50. The smallest absolute Gasteiger partial charge is 0.262 e. The first-order valence-corrected chi connectivity index (χ1v) is 11.7. The third-order valence-electron chi connectivity index (χ3n) is 4.86. The van der Waals surface area contributed by atoms with Crippen molar-refractivity contribution in [1.29, 1.82) is 0 Å². The molecule has 0 bridgehead atoms. The molecule has 0 radical (unpaired) electrons. The predicted octanol–water partition coefficient (Wildman–Crippen LogP) is 3.02. The van der Waals surface area contributed by atoms with Gasteiger partial charge < -0.3 is 5.32 Å². The molecule has 1 aliphatic rings. The van der Waals surface area contributed by atoms with E-state index in [4.69, 9.17) is 0 Å². The monoisotopic (exact) mass is 457 g/mol. The normalized spacial score (nSPS) is 15.1. The Morgan fingerprint density at radius 2 is 1.50 bits per heavy atom. The molecule has 0 aliphatic carbocycles. The van der Waals surface area contributed by atoms with Crippen LogP contribution in [0, 0.1) is 5.92 Å². The lowest BCUT2D eigenvalue weighted by Gasteiger charge is -2.28. The Kier molecular flexibility index (Phi) is 6.26. The molecule has 3 rings (SSSR count). The zero-order chi connectivity index (χ0) is 23.8. The molecule has 1 unspecified atom stereocenters. The van der Waals surface area contributed by atoms with E-state index in [9.17, 15) is 22.8 Å². The Morgan fingerprint density at radius 1 is 0.938 bits per heavy atom. The Morgan fingerprint density at radius 3 is 2.00 bits per heavy atom. The summed E-state index contributed by atoms with van der Waals surface area (Å²) in [7, 11) is -3.80. The Hall–Kier alpha value is -3.04. The summed E-state index contributed by atoms with van der Waals surface area (Å²) < 4.78 is 27.8. The molecule has 8 nitrogen and oxygen atoms in total. The topological polar surface area (TPSA) is 113 Å². The maximum absolute atomic E-state index is 13.2. The standard InChI is InChI=1S/C23H27N3O5S/c1-14(2)19(26-21(28)17-11-6-7-12-18(17)22(26)29)20(27)24-15-9-8-10-16(13-15)32(30,31)25-23(3,4)5/h6-14,19,25H,1-5H3,(H,24,27). The number of nitrogens with zero attached hydrogens (tertiary/aromatic N) is 1. The van der Waals surface area contributed by atoms with Gasteiger partial charge in [-0.3, -0.25) is 19.3 Å². The molecular formula is C23H27N3O5S. The molecule has 32 heavy (non-hydrogen) atoms. The van der Waals surface area contributed by atoms with Crippen molar-refractivity contribution in [2.24, 2.45) is 5.92 Å². The summed E-state index contributed by atoms with van der Waals surface area (Å²) in [5.74, 6) is -1.99. The summed E-state index contributed by atoms with van der Waals surface area (Å²) >= 11 is 0. The van der Waals surface area contributed by atoms with E-state index in [1.165, 1.54) is 18.2 Å². The highest BCUT2D eigenvalue weighted by Gasteiger charge is 2.43. The van der Waals surface area contributed by atoms with Crippen LogP contribution in [0.5, 0.6) is 0 Å². The first-order valence-electron chi connectivity index (χ1n) is 10.2. The number of fused-ring (bicyclic) bond motifs is 1. The van der Waals surface area contributed by atoms with Crippen molar-refractivity contribution in [2.75, 3.05) is 5.32 Å². The van der Waals surface area contributed by atoms with E-state index in [2.05, 4.69) is 10.0 Å². The summed E-state index contributed by atoms with van der Waals surface area (Å²) in [5, 5.41) is 2.67. The first kappa shape index (κ1) is 23.6. The minimum absolute atomic E-state index is 0.00736. The van der Waals surface area contributed by atoms with Crippen LogP contribution < -0.4 is 10.0 Å². The average molecular weight is 458 g/mol. The minimum atomic E-state index is -3.80. The van der Waals surface area contributed by atoms with Crippen molar-refractivity contribution in [3.05, 3.63) is 59.7 Å². The maximum Gasteiger partial charge on any atom is 0.262 e. The average Bonchev–Trinajstić information content (AvgIpc) is 2.92. The van der Waals surface area contributed by atoms with Crippen LogP contribution in [0.3, 0.4) is 0 Å². The number of benzene rings is 2. The van der Waals surface area contributed by atoms with Gasteiger partial charge >= 0.3 is 0 Å². The number of hydrogen-bond donors (Lipinski definition) is 2. The molecular weight excluding hydrogens is 430 g/mol. The molecule has 2 aromatic carbocycles. The van der Waals surface area contributed by atoms with Crippen LogP contribution in [0.15, 0.2) is 53.4 Å². The predicted molar refractivity (Wildman–Crippen MR) is 121 cm³/mol. The van der Waals surface area contributed by atoms with Crippen molar-refractivity contribution in [3.8, 4) is 0 Å². The summed E-state index contributed by atoms with van der Waals surface area (Å²) in [4.78, 5) is 39.9. The first-order chi connectivity index (χ1) is 14.8. The van der Waals surface area contributed by atoms with E-state index < -0.39 is 39.3 Å². The van der Waals surface area contributed by atoms with Crippen LogP contribution in [0.25, 0.3) is 0 Å². The van der Waals surface area contributed by atoms with Gasteiger partial charge in [-0.05, 0) is 57.0 Å². The van der Waals surface area contributed by atoms with E-state index in [0.717, 1.165) is 4.90 Å². The Bertz CT molecular complexity index is 1150. The molecule has 170 valence electrons. The number of imide groups is 1. The molecule has 0 aromatic heterocycles. The van der Waals surface area contributed by atoms with Gasteiger partial charge in [0.05, 0.1) is 16.0 Å². The lowest BCUT2D eigenvalue weighted by molar-refractivity contribution is -0.121. The van der Waals surface area contributed by atoms with Gasteiger partial charge in [-0.1, -0.05) is 32.0 Å². The van der Waals surface area contributed by atoms with Crippen LogP contribution >= 0.6 is 0 Å². The number of amides is 3. The molecule has 1 aliphatic heterocycles. The van der Waals surface area contributed by atoms with Crippen molar-refractivity contribution < 1.29 is 22.8 Å². The van der Waals surface area contributed by atoms with Crippen molar-refractivity contribution in [2.45, 2.75) is 51.1 Å². The Labute approximate surface area is 188 Å². The number of anilines is 1. The highest BCUT2D eigenvalue weighted by molar-refractivity contribution is 7.89. The Balaban J connectivity index is 1.87. The number of nitrogens with one attached hydrogen (secondary N) is 2. The largest absolute Gasteiger partial charge is 0.324 e. The highest BCUT2D eigenvalue weighted by Crippen LogP contribution is 2.28. The molecule has 0 fully saturated rings. The second-order valence-electron chi connectivity index (χ2n) is 9.09. The maximum atomic E-state index is 13.2. The molecule has 1 heterocycles. The van der Waals surface area contributed by atoms with Gasteiger partial charge in [0.15, 0.2) is 0 Å². The van der Waals surface area contributed by atoms with E-state index >= 15 is 0 Å². The highest BCUT2D eigenvalue weighted by atomic mass is 32.2. The third kappa shape index (κ3) is 4.73. The van der Waals surface area contributed by atoms with Gasteiger partial charge in [0.25, 0.3) is 11.8 Å². The quantitative estimate of drug-likeness (QED) is 0.648. The van der Waals surface area contributed by atoms with Gasteiger partial charge in [-0.2, -0.15) is 0 Å². The summed E-state index contributed by atoms with van der Waals surface area (Å²) in [6, 6.07) is 11.2. The summed E-state index contributed by atoms with van der Waals surface area (Å²) in [6.07, 6.45) is 0. The second kappa shape index (κ2) is 8.48. The zero-order valence-corrected chi connectivity index (χ0v) is 19.5. The van der Waals surface area contributed by atoms with Crippen molar-refractivity contribution in [3.63, 3.8) is 0 Å². The number of sulfonamides is 1.